The summed E-state index contributed by atoms with van der Waals surface area (Å²) in [7, 11) is 0. The fraction of sp³-hybridized carbons (Fsp3) is 0.300. The Hall–Kier alpha value is -2.54. The van der Waals surface area contributed by atoms with Gasteiger partial charge in [0.05, 0.1) is 16.6 Å². The number of halogens is 1. The zero-order chi connectivity index (χ0) is 19.9. The van der Waals surface area contributed by atoms with Gasteiger partial charge in [-0.25, -0.2) is 4.79 Å². The Bertz CT molecular complexity index is 781. The molecule has 0 aliphatic heterocycles. The van der Waals surface area contributed by atoms with E-state index in [0.717, 1.165) is 5.56 Å². The van der Waals surface area contributed by atoms with Gasteiger partial charge in [-0.3, -0.25) is 4.79 Å². The quantitative estimate of drug-likeness (QED) is 0.614. The number of amides is 2. The molecule has 0 aromatic heterocycles. The van der Waals surface area contributed by atoms with E-state index in [4.69, 9.17) is 9.84 Å². The Kier molecular flexibility index (Phi) is 7.24. The van der Waals surface area contributed by atoms with E-state index < -0.39 is 11.6 Å². The van der Waals surface area contributed by atoms with Gasteiger partial charge in [-0.05, 0) is 31.5 Å². The highest BCUT2D eigenvalue weighted by Gasteiger charge is 2.28. The molecule has 0 bridgehead atoms. The molecule has 0 radical (unpaired) electrons. The monoisotopic (exact) mass is 434 g/mol. The van der Waals surface area contributed by atoms with Crippen molar-refractivity contribution in [3.8, 4) is 5.75 Å². The lowest BCUT2D eigenvalue weighted by Crippen LogP contribution is -2.53. The second kappa shape index (κ2) is 9.41. The summed E-state index contributed by atoms with van der Waals surface area (Å²) in [6, 6.07) is 17.0. The Morgan fingerprint density at radius 2 is 1.74 bits per heavy atom. The fourth-order valence-corrected chi connectivity index (χ4v) is 2.94. The minimum absolute atomic E-state index is 0.114. The summed E-state index contributed by atoms with van der Waals surface area (Å²) in [5.74, 6) is 0.368. The topological polar surface area (TPSA) is 78.9 Å². The van der Waals surface area contributed by atoms with Crippen molar-refractivity contribution in [2.24, 2.45) is 0 Å². The number of ether oxygens (including phenoxy) is 1. The SMILES string of the molecule is CC(C)(CN(C(=O)CBr)c1ccccc1OCc1ccccc1)NC(=O)O. The van der Waals surface area contributed by atoms with Crippen LogP contribution >= 0.6 is 15.9 Å². The second-order valence-corrected chi connectivity index (χ2v) is 7.23. The van der Waals surface area contributed by atoms with Gasteiger partial charge in [0.2, 0.25) is 5.91 Å². The van der Waals surface area contributed by atoms with Gasteiger partial charge in [0.1, 0.15) is 12.4 Å². The third-order valence-electron chi connectivity index (χ3n) is 3.81. The smallest absolute Gasteiger partial charge is 0.405 e. The first kappa shape index (κ1) is 20.8. The maximum Gasteiger partial charge on any atom is 0.405 e. The van der Waals surface area contributed by atoms with E-state index in [0.29, 0.717) is 18.0 Å². The van der Waals surface area contributed by atoms with Crippen LogP contribution in [0.25, 0.3) is 0 Å². The molecule has 2 aromatic rings. The molecule has 2 aromatic carbocycles. The Labute approximate surface area is 167 Å². The van der Waals surface area contributed by atoms with Crippen LogP contribution in [0.4, 0.5) is 10.5 Å². The van der Waals surface area contributed by atoms with E-state index in [2.05, 4.69) is 21.2 Å². The average molecular weight is 435 g/mol. The molecule has 0 saturated heterocycles. The van der Waals surface area contributed by atoms with Crippen molar-refractivity contribution in [2.45, 2.75) is 26.0 Å². The molecule has 0 unspecified atom stereocenters. The van der Waals surface area contributed by atoms with Crippen molar-refractivity contribution in [3.63, 3.8) is 0 Å². The molecule has 0 aliphatic carbocycles. The average Bonchev–Trinajstić information content (AvgIpc) is 2.64. The largest absolute Gasteiger partial charge is 0.487 e. The van der Waals surface area contributed by atoms with Gasteiger partial charge in [0.25, 0.3) is 0 Å². The fourth-order valence-electron chi connectivity index (χ4n) is 2.64. The molecule has 6 nitrogen and oxygen atoms in total. The number of rotatable bonds is 8. The molecule has 0 aliphatic rings. The van der Waals surface area contributed by atoms with Crippen LogP contribution in [0, 0.1) is 0 Å². The van der Waals surface area contributed by atoms with Gasteiger partial charge < -0.3 is 20.1 Å². The summed E-state index contributed by atoms with van der Waals surface area (Å²) in [5.41, 5.74) is 0.771. The van der Waals surface area contributed by atoms with Crippen LogP contribution in [-0.4, -0.2) is 34.5 Å². The highest BCUT2D eigenvalue weighted by molar-refractivity contribution is 9.09. The lowest BCUT2D eigenvalue weighted by molar-refractivity contribution is -0.116. The zero-order valence-electron chi connectivity index (χ0n) is 15.3. The zero-order valence-corrected chi connectivity index (χ0v) is 16.9. The molecule has 0 spiro atoms. The number of carbonyl (C=O) groups is 2. The molecule has 2 amide bonds. The summed E-state index contributed by atoms with van der Waals surface area (Å²) in [6.45, 7) is 3.98. The Morgan fingerprint density at radius 1 is 1.11 bits per heavy atom. The van der Waals surface area contributed by atoms with Crippen molar-refractivity contribution in [1.29, 1.82) is 0 Å². The van der Waals surface area contributed by atoms with Crippen LogP contribution in [-0.2, 0) is 11.4 Å². The van der Waals surface area contributed by atoms with Gasteiger partial charge >= 0.3 is 6.09 Å². The van der Waals surface area contributed by atoms with E-state index >= 15 is 0 Å². The molecule has 2 N–H and O–H groups in total. The van der Waals surface area contributed by atoms with E-state index in [1.807, 2.05) is 42.5 Å². The molecule has 144 valence electrons. The maximum absolute atomic E-state index is 12.6. The summed E-state index contributed by atoms with van der Waals surface area (Å²) in [6.07, 6.45) is -1.14. The van der Waals surface area contributed by atoms with Crippen LogP contribution in [0.5, 0.6) is 5.75 Å². The molecule has 7 heteroatoms. The number of carbonyl (C=O) groups excluding carboxylic acids is 1. The first-order valence-corrected chi connectivity index (χ1v) is 9.58. The van der Waals surface area contributed by atoms with E-state index in [1.165, 1.54) is 4.90 Å². The molecule has 0 saturated carbocycles. The van der Waals surface area contributed by atoms with E-state index in [1.54, 1.807) is 26.0 Å². The van der Waals surface area contributed by atoms with Crippen molar-refractivity contribution in [1.82, 2.24) is 5.32 Å². The van der Waals surface area contributed by atoms with Crippen LogP contribution in [0.15, 0.2) is 54.6 Å². The van der Waals surface area contributed by atoms with Gasteiger partial charge in [-0.1, -0.05) is 58.4 Å². The summed E-state index contributed by atoms with van der Waals surface area (Å²) in [5, 5.41) is 11.6. The molecule has 0 atom stereocenters. The van der Waals surface area contributed by atoms with Crippen molar-refractivity contribution in [2.75, 3.05) is 16.8 Å². The molecule has 0 fully saturated rings. The maximum atomic E-state index is 12.6. The standard InChI is InChI=1S/C20H23BrN2O4/c1-20(2,22-19(25)26)14-23(18(24)12-21)16-10-6-7-11-17(16)27-13-15-8-4-3-5-9-15/h3-11,22H,12-14H2,1-2H3,(H,25,26). The van der Waals surface area contributed by atoms with Gasteiger partial charge in [-0.2, -0.15) is 0 Å². The van der Waals surface area contributed by atoms with Crippen LogP contribution < -0.4 is 15.0 Å². The number of hydrogen-bond acceptors (Lipinski definition) is 3. The Morgan fingerprint density at radius 3 is 2.37 bits per heavy atom. The number of nitrogens with zero attached hydrogens (tertiary/aromatic N) is 1. The summed E-state index contributed by atoms with van der Waals surface area (Å²) in [4.78, 5) is 25.1. The molecular weight excluding hydrogens is 412 g/mol. The minimum atomic E-state index is -1.14. The first-order chi connectivity index (χ1) is 12.8. The predicted octanol–water partition coefficient (Wildman–Crippen LogP) is 4.04. The van der Waals surface area contributed by atoms with Crippen LogP contribution in [0.1, 0.15) is 19.4 Å². The molecule has 0 heterocycles. The summed E-state index contributed by atoms with van der Waals surface area (Å²) >= 11 is 3.20. The molecule has 27 heavy (non-hydrogen) atoms. The van der Waals surface area contributed by atoms with E-state index in [-0.39, 0.29) is 17.8 Å². The normalized spacial score (nSPS) is 10.9. The minimum Gasteiger partial charge on any atom is -0.487 e. The third kappa shape index (κ3) is 6.29. The molecular formula is C20H23BrN2O4. The van der Waals surface area contributed by atoms with Crippen molar-refractivity contribution >= 4 is 33.6 Å². The highest BCUT2D eigenvalue weighted by atomic mass is 79.9. The lowest BCUT2D eigenvalue weighted by Gasteiger charge is -2.33. The van der Waals surface area contributed by atoms with Gasteiger partial charge in [0, 0.05) is 6.54 Å². The third-order valence-corrected chi connectivity index (χ3v) is 4.29. The number of carboxylic acid groups (broad SMARTS) is 1. The summed E-state index contributed by atoms with van der Waals surface area (Å²) < 4.78 is 5.95. The van der Waals surface area contributed by atoms with Crippen LogP contribution in [0.3, 0.4) is 0 Å². The number of hydrogen-bond donors (Lipinski definition) is 2. The first-order valence-electron chi connectivity index (χ1n) is 8.45. The van der Waals surface area contributed by atoms with Crippen molar-refractivity contribution < 1.29 is 19.4 Å². The number of nitrogens with one attached hydrogen (secondary N) is 1. The van der Waals surface area contributed by atoms with Crippen LogP contribution in [0.2, 0.25) is 0 Å². The molecule has 2 rings (SSSR count). The highest BCUT2D eigenvalue weighted by Crippen LogP contribution is 2.30. The number of benzene rings is 2. The number of para-hydroxylation sites is 2. The Balaban J connectivity index is 2.27. The van der Waals surface area contributed by atoms with Gasteiger partial charge in [0.15, 0.2) is 0 Å². The number of alkyl halides is 1. The predicted molar refractivity (Wildman–Crippen MR) is 109 cm³/mol. The lowest BCUT2D eigenvalue weighted by atomic mass is 10.0. The second-order valence-electron chi connectivity index (χ2n) is 6.67. The number of anilines is 1. The van der Waals surface area contributed by atoms with Gasteiger partial charge in [-0.15, -0.1) is 0 Å². The van der Waals surface area contributed by atoms with Crippen molar-refractivity contribution in [3.05, 3.63) is 60.2 Å². The van der Waals surface area contributed by atoms with E-state index in [9.17, 15) is 9.59 Å².